The first-order valence-electron chi connectivity index (χ1n) is 4.67. The molecule has 1 rings (SSSR count). The number of carbonyl (C=O) groups excluding carboxylic acids is 1. The number of aliphatic carboxylic acids is 1. The first-order chi connectivity index (χ1) is 7.54. The van der Waals surface area contributed by atoms with Crippen LogP contribution in [0.2, 0.25) is 0 Å². The summed E-state index contributed by atoms with van der Waals surface area (Å²) in [4.78, 5) is 20.6. The van der Waals surface area contributed by atoms with Crippen molar-refractivity contribution in [2.45, 2.75) is 13.8 Å². The smallest absolute Gasteiger partial charge is 0.328 e. The average molecular weight is 220 g/mol. The second-order valence-electron chi connectivity index (χ2n) is 3.36. The van der Waals surface area contributed by atoms with E-state index in [0.29, 0.717) is 12.2 Å². The number of ether oxygens (including phenoxy) is 1. The van der Waals surface area contributed by atoms with E-state index in [1.165, 1.54) is 6.08 Å². The van der Waals surface area contributed by atoms with Crippen LogP contribution in [0.5, 0.6) is 5.75 Å². The van der Waals surface area contributed by atoms with Gasteiger partial charge in [-0.15, -0.1) is 0 Å². The van der Waals surface area contributed by atoms with Crippen LogP contribution in [0.4, 0.5) is 0 Å². The Balaban J connectivity index is 3.12. The van der Waals surface area contributed by atoms with Crippen molar-refractivity contribution in [1.82, 2.24) is 0 Å². The number of benzene rings is 1. The average Bonchev–Trinajstić information content (AvgIpc) is 2.16. The van der Waals surface area contributed by atoms with Gasteiger partial charge < -0.3 is 9.84 Å². The van der Waals surface area contributed by atoms with E-state index in [-0.39, 0.29) is 0 Å². The Labute approximate surface area is 93.2 Å². The van der Waals surface area contributed by atoms with Gasteiger partial charge in [0.15, 0.2) is 0 Å². The van der Waals surface area contributed by atoms with Crippen molar-refractivity contribution >= 4 is 18.5 Å². The number of hydrogen-bond acceptors (Lipinski definition) is 3. The molecule has 0 amide bonds. The molecule has 1 N–H and O–H groups in total. The first kappa shape index (κ1) is 12.0. The Bertz CT molecular complexity index is 423. The van der Waals surface area contributed by atoms with Gasteiger partial charge in [0.05, 0.1) is 0 Å². The van der Waals surface area contributed by atoms with Gasteiger partial charge in [0, 0.05) is 6.08 Å². The molecule has 0 unspecified atom stereocenters. The standard InChI is InChI=1S/C12H12O4/c1-8-5-10(16-7-13)6-9(2)11(8)3-4-12(14)15/h3-7H,1-2H3,(H,14,15). The largest absolute Gasteiger partial charge is 0.478 e. The lowest BCUT2D eigenvalue weighted by atomic mass is 10.0. The molecular formula is C12H12O4. The van der Waals surface area contributed by atoms with E-state index in [2.05, 4.69) is 0 Å². The van der Waals surface area contributed by atoms with Crippen LogP contribution in [0, 0.1) is 13.8 Å². The third kappa shape index (κ3) is 2.95. The van der Waals surface area contributed by atoms with E-state index in [0.717, 1.165) is 22.8 Å². The fourth-order valence-corrected chi connectivity index (χ4v) is 1.48. The monoisotopic (exact) mass is 220 g/mol. The Morgan fingerprint density at radius 2 is 1.88 bits per heavy atom. The van der Waals surface area contributed by atoms with Gasteiger partial charge in [-0.25, -0.2) is 4.79 Å². The summed E-state index contributed by atoms with van der Waals surface area (Å²) < 4.78 is 4.73. The predicted molar refractivity (Wildman–Crippen MR) is 59.3 cm³/mol. The lowest BCUT2D eigenvalue weighted by Gasteiger charge is -2.07. The summed E-state index contributed by atoms with van der Waals surface area (Å²) >= 11 is 0. The SMILES string of the molecule is Cc1cc(OC=O)cc(C)c1C=CC(=O)O. The van der Waals surface area contributed by atoms with Gasteiger partial charge in [0.25, 0.3) is 6.47 Å². The molecule has 1 aromatic carbocycles. The van der Waals surface area contributed by atoms with E-state index in [1.54, 1.807) is 12.1 Å². The summed E-state index contributed by atoms with van der Waals surface area (Å²) in [7, 11) is 0. The van der Waals surface area contributed by atoms with E-state index in [9.17, 15) is 9.59 Å². The van der Waals surface area contributed by atoms with Crippen LogP contribution in [-0.2, 0) is 9.59 Å². The van der Waals surface area contributed by atoms with Gasteiger partial charge in [0.1, 0.15) is 5.75 Å². The van der Waals surface area contributed by atoms with Crippen LogP contribution >= 0.6 is 0 Å². The van der Waals surface area contributed by atoms with Crippen molar-refractivity contribution in [1.29, 1.82) is 0 Å². The molecule has 1 aromatic rings. The van der Waals surface area contributed by atoms with Crippen molar-refractivity contribution in [3.05, 3.63) is 34.9 Å². The van der Waals surface area contributed by atoms with Crippen molar-refractivity contribution < 1.29 is 19.4 Å². The third-order valence-electron chi connectivity index (χ3n) is 2.14. The third-order valence-corrected chi connectivity index (χ3v) is 2.14. The Morgan fingerprint density at radius 3 is 2.31 bits per heavy atom. The van der Waals surface area contributed by atoms with Crippen molar-refractivity contribution in [3.63, 3.8) is 0 Å². The minimum Gasteiger partial charge on any atom is -0.478 e. The highest BCUT2D eigenvalue weighted by Crippen LogP contribution is 2.22. The van der Waals surface area contributed by atoms with Gasteiger partial charge in [0.2, 0.25) is 0 Å². The molecular weight excluding hydrogens is 208 g/mol. The summed E-state index contributed by atoms with van der Waals surface area (Å²) in [5.74, 6) is -0.538. The van der Waals surface area contributed by atoms with E-state index < -0.39 is 5.97 Å². The zero-order valence-electron chi connectivity index (χ0n) is 9.06. The van der Waals surface area contributed by atoms with Gasteiger partial charge in [-0.1, -0.05) is 0 Å². The fourth-order valence-electron chi connectivity index (χ4n) is 1.48. The number of aryl methyl sites for hydroxylation is 2. The van der Waals surface area contributed by atoms with Gasteiger partial charge in [-0.05, 0) is 48.7 Å². The number of carbonyl (C=O) groups is 2. The molecule has 0 spiro atoms. The van der Waals surface area contributed by atoms with Crippen molar-refractivity contribution in [2.75, 3.05) is 0 Å². The van der Waals surface area contributed by atoms with Crippen LogP contribution in [0.3, 0.4) is 0 Å². The molecule has 0 saturated carbocycles. The molecule has 84 valence electrons. The lowest BCUT2D eigenvalue weighted by molar-refractivity contribution is -0.131. The second kappa shape index (κ2) is 5.11. The topological polar surface area (TPSA) is 63.6 Å². The van der Waals surface area contributed by atoms with Crippen LogP contribution < -0.4 is 4.74 Å². The zero-order valence-corrected chi connectivity index (χ0v) is 9.06. The van der Waals surface area contributed by atoms with Crippen molar-refractivity contribution in [2.24, 2.45) is 0 Å². The highest BCUT2D eigenvalue weighted by Gasteiger charge is 2.03. The normalized spacial score (nSPS) is 10.4. The zero-order chi connectivity index (χ0) is 12.1. The van der Waals surface area contributed by atoms with Crippen molar-refractivity contribution in [3.8, 4) is 5.75 Å². The second-order valence-corrected chi connectivity index (χ2v) is 3.36. The first-order valence-corrected chi connectivity index (χ1v) is 4.67. The van der Waals surface area contributed by atoms with Gasteiger partial charge in [-0.3, -0.25) is 4.79 Å². The summed E-state index contributed by atoms with van der Waals surface area (Å²) in [5, 5.41) is 8.54. The Morgan fingerprint density at radius 1 is 1.31 bits per heavy atom. The maximum Gasteiger partial charge on any atom is 0.328 e. The fraction of sp³-hybridized carbons (Fsp3) is 0.167. The molecule has 0 atom stereocenters. The van der Waals surface area contributed by atoms with Crippen LogP contribution in [-0.4, -0.2) is 17.5 Å². The molecule has 4 nitrogen and oxygen atoms in total. The molecule has 0 heterocycles. The van der Waals surface area contributed by atoms with E-state index in [4.69, 9.17) is 9.84 Å². The maximum absolute atomic E-state index is 10.4. The number of hydrogen-bond donors (Lipinski definition) is 1. The molecule has 0 aliphatic heterocycles. The minimum absolute atomic E-state index is 0.362. The molecule has 0 radical (unpaired) electrons. The molecule has 0 aromatic heterocycles. The Kier molecular flexibility index (Phi) is 3.83. The van der Waals surface area contributed by atoms with Crippen LogP contribution in [0.1, 0.15) is 16.7 Å². The van der Waals surface area contributed by atoms with Crippen LogP contribution in [0.15, 0.2) is 18.2 Å². The molecule has 0 aliphatic rings. The number of carboxylic acids is 1. The molecule has 0 aliphatic carbocycles. The van der Waals surface area contributed by atoms with Gasteiger partial charge >= 0.3 is 5.97 Å². The highest BCUT2D eigenvalue weighted by molar-refractivity contribution is 5.86. The molecule has 0 fully saturated rings. The molecule has 4 heteroatoms. The molecule has 0 saturated heterocycles. The summed E-state index contributed by atoms with van der Waals surface area (Å²) in [6.45, 7) is 4.01. The lowest BCUT2D eigenvalue weighted by Crippen LogP contribution is -1.94. The van der Waals surface area contributed by atoms with E-state index >= 15 is 0 Å². The summed E-state index contributed by atoms with van der Waals surface area (Å²) in [5.41, 5.74) is 2.53. The Hall–Kier alpha value is -2.10. The molecule has 16 heavy (non-hydrogen) atoms. The highest BCUT2D eigenvalue weighted by atomic mass is 16.5. The number of rotatable bonds is 4. The number of carboxylic acid groups (broad SMARTS) is 1. The molecule has 0 bridgehead atoms. The quantitative estimate of drug-likeness (QED) is 0.622. The van der Waals surface area contributed by atoms with Crippen LogP contribution in [0.25, 0.3) is 6.08 Å². The summed E-state index contributed by atoms with van der Waals surface area (Å²) in [6.07, 6.45) is 2.60. The maximum atomic E-state index is 10.4. The van der Waals surface area contributed by atoms with E-state index in [1.807, 2.05) is 13.8 Å². The summed E-state index contributed by atoms with van der Waals surface area (Å²) in [6, 6.07) is 3.37. The minimum atomic E-state index is -0.994. The van der Waals surface area contributed by atoms with Gasteiger partial charge in [-0.2, -0.15) is 0 Å². The predicted octanol–water partition coefficient (Wildman–Crippen LogP) is 1.94.